The molecule has 1 aromatic carbocycles. The van der Waals surface area contributed by atoms with Crippen LogP contribution in [0.2, 0.25) is 0 Å². The molecule has 2 amide bonds. The summed E-state index contributed by atoms with van der Waals surface area (Å²) in [6.45, 7) is 9.90. The Morgan fingerprint density at radius 1 is 1.11 bits per heavy atom. The van der Waals surface area contributed by atoms with Gasteiger partial charge in [-0.05, 0) is 63.9 Å². The molecule has 0 spiro atoms. The fourth-order valence-corrected chi connectivity index (χ4v) is 3.86. The van der Waals surface area contributed by atoms with Gasteiger partial charge in [0.15, 0.2) is 0 Å². The van der Waals surface area contributed by atoms with E-state index < -0.39 is 11.8 Å². The molecule has 0 radical (unpaired) electrons. The van der Waals surface area contributed by atoms with Crippen LogP contribution in [-0.2, 0) is 12.1 Å². The Labute approximate surface area is 207 Å². The third-order valence-electron chi connectivity index (χ3n) is 5.75. The van der Waals surface area contributed by atoms with Gasteiger partial charge in [-0.1, -0.05) is 0 Å². The van der Waals surface area contributed by atoms with E-state index in [4.69, 9.17) is 0 Å². The number of carbonyl (C=O) groups is 1. The first-order chi connectivity index (χ1) is 17.0. The second-order valence-corrected chi connectivity index (χ2v) is 9.40. The predicted octanol–water partition coefficient (Wildman–Crippen LogP) is 4.56. The van der Waals surface area contributed by atoms with Crippen LogP contribution in [0, 0.1) is 12.7 Å². The van der Waals surface area contributed by atoms with Gasteiger partial charge in [0.25, 0.3) is 5.56 Å². The Hall–Kier alpha value is -4.28. The van der Waals surface area contributed by atoms with E-state index in [-0.39, 0.29) is 16.8 Å². The molecule has 4 rings (SSSR count). The maximum Gasteiger partial charge on any atom is 0.323 e. The number of aryl methyl sites for hydroxylation is 2. The van der Waals surface area contributed by atoms with Gasteiger partial charge in [0.1, 0.15) is 11.5 Å². The van der Waals surface area contributed by atoms with Crippen LogP contribution < -0.4 is 21.5 Å². The van der Waals surface area contributed by atoms with Crippen LogP contribution in [-0.4, -0.2) is 37.4 Å². The Morgan fingerprint density at radius 2 is 1.86 bits per heavy atom. The zero-order valence-electron chi connectivity index (χ0n) is 21.1. The Kier molecular flexibility index (Phi) is 6.49. The molecule has 3 N–H and O–H groups in total. The van der Waals surface area contributed by atoms with Gasteiger partial charge in [-0.2, -0.15) is 10.1 Å². The van der Waals surface area contributed by atoms with Crippen LogP contribution in [0.4, 0.5) is 26.5 Å². The topological polar surface area (TPSA) is 119 Å². The molecule has 0 atom stereocenters. The van der Waals surface area contributed by atoms with Crippen molar-refractivity contribution in [1.29, 1.82) is 0 Å². The smallest absolute Gasteiger partial charge is 0.323 e. The number of halogens is 1. The summed E-state index contributed by atoms with van der Waals surface area (Å²) in [7, 11) is 1.70. The number of fused-ring (bicyclic) bond motifs is 1. The van der Waals surface area contributed by atoms with E-state index in [1.807, 2.05) is 27.7 Å². The zero-order valence-corrected chi connectivity index (χ0v) is 21.1. The number of urea groups is 1. The van der Waals surface area contributed by atoms with Crippen molar-refractivity contribution in [3.8, 4) is 11.1 Å². The van der Waals surface area contributed by atoms with Crippen molar-refractivity contribution in [1.82, 2.24) is 24.3 Å². The first-order valence-corrected chi connectivity index (χ1v) is 11.5. The van der Waals surface area contributed by atoms with Crippen LogP contribution in [0.15, 0.2) is 41.6 Å². The molecule has 0 unspecified atom stereocenters. The van der Waals surface area contributed by atoms with Crippen LogP contribution >= 0.6 is 0 Å². The number of aromatic nitrogens is 5. The molecule has 0 aliphatic carbocycles. The minimum Gasteiger partial charge on any atom is -0.357 e. The van der Waals surface area contributed by atoms with Gasteiger partial charge in [0.05, 0.1) is 23.1 Å². The number of nitrogens with zero attached hydrogens (tertiary/aromatic N) is 5. The average Bonchev–Trinajstić information content (AvgIpc) is 3.29. The number of rotatable bonds is 5. The highest BCUT2D eigenvalue weighted by Crippen LogP contribution is 2.29. The van der Waals surface area contributed by atoms with Crippen LogP contribution in [0.3, 0.4) is 0 Å². The lowest BCUT2D eigenvalue weighted by molar-refractivity contribution is 0.262. The first kappa shape index (κ1) is 24.8. The Balaban J connectivity index is 1.70. The van der Waals surface area contributed by atoms with Crippen LogP contribution in [0.5, 0.6) is 0 Å². The molecule has 11 heteroatoms. The number of carbonyl (C=O) groups excluding carboxylic acids is 1. The van der Waals surface area contributed by atoms with E-state index in [2.05, 4.69) is 31.0 Å². The standard InChI is InChI=1S/C25H29FN8O2/c1-7-33-21-15(11-28-23(27-6)32-21)9-18(22(33)35)17-10-20(19(26)8-14(17)2)31-24(36)30-16-12-29-34(13-16)25(3,4)5/h8-13H,7H2,1-6H3,(H,27,28,32)(H2,30,31,36). The molecule has 4 aromatic rings. The van der Waals surface area contributed by atoms with Crippen molar-refractivity contribution in [2.45, 2.75) is 46.7 Å². The Morgan fingerprint density at radius 3 is 2.50 bits per heavy atom. The van der Waals surface area contributed by atoms with Gasteiger partial charge >= 0.3 is 6.03 Å². The fraction of sp³-hybridized carbons (Fsp3) is 0.320. The summed E-state index contributed by atoms with van der Waals surface area (Å²) < 4.78 is 18.1. The van der Waals surface area contributed by atoms with E-state index in [1.165, 1.54) is 18.3 Å². The van der Waals surface area contributed by atoms with Gasteiger partial charge in [0, 0.05) is 36.9 Å². The number of hydrogen-bond donors (Lipinski definition) is 3. The molecule has 0 fully saturated rings. The number of anilines is 3. The molecule has 3 heterocycles. The van der Waals surface area contributed by atoms with Crippen molar-refractivity contribution < 1.29 is 9.18 Å². The van der Waals surface area contributed by atoms with Crippen molar-refractivity contribution in [2.24, 2.45) is 0 Å². The van der Waals surface area contributed by atoms with Crippen molar-refractivity contribution in [3.63, 3.8) is 0 Å². The molecule has 0 aliphatic rings. The SMILES string of the molecule is CCn1c(=O)c(-c2cc(NC(=O)Nc3cnn(C(C)(C)C)c3)c(F)cc2C)cc2cnc(NC)nc21. The zero-order chi connectivity index (χ0) is 26.2. The number of benzene rings is 1. The summed E-state index contributed by atoms with van der Waals surface area (Å²) in [5.74, 6) is -0.212. The van der Waals surface area contributed by atoms with E-state index in [0.717, 1.165) is 0 Å². The quantitative estimate of drug-likeness (QED) is 0.376. The minimum atomic E-state index is -0.630. The van der Waals surface area contributed by atoms with E-state index in [1.54, 1.807) is 41.7 Å². The molecule has 0 bridgehead atoms. The van der Waals surface area contributed by atoms with Gasteiger partial charge in [0.2, 0.25) is 5.95 Å². The summed E-state index contributed by atoms with van der Waals surface area (Å²) >= 11 is 0. The average molecular weight is 493 g/mol. The van der Waals surface area contributed by atoms with E-state index in [9.17, 15) is 14.0 Å². The van der Waals surface area contributed by atoms with Gasteiger partial charge in [-0.3, -0.25) is 14.0 Å². The number of hydrogen-bond acceptors (Lipinski definition) is 6. The lowest BCUT2D eigenvalue weighted by atomic mass is 9.99. The highest BCUT2D eigenvalue weighted by atomic mass is 19.1. The highest BCUT2D eigenvalue weighted by Gasteiger charge is 2.18. The summed E-state index contributed by atoms with van der Waals surface area (Å²) in [5, 5.41) is 13.0. The first-order valence-electron chi connectivity index (χ1n) is 11.5. The van der Waals surface area contributed by atoms with Crippen LogP contribution in [0.1, 0.15) is 33.3 Å². The van der Waals surface area contributed by atoms with Gasteiger partial charge < -0.3 is 16.0 Å². The molecule has 10 nitrogen and oxygen atoms in total. The van der Waals surface area contributed by atoms with Crippen LogP contribution in [0.25, 0.3) is 22.2 Å². The second kappa shape index (κ2) is 9.40. The lowest BCUT2D eigenvalue weighted by Crippen LogP contribution is -2.23. The second-order valence-electron chi connectivity index (χ2n) is 9.40. The number of amides is 2. The molecule has 36 heavy (non-hydrogen) atoms. The summed E-state index contributed by atoms with van der Waals surface area (Å²) in [6.07, 6.45) is 4.85. The van der Waals surface area contributed by atoms with Crippen molar-refractivity contribution >= 4 is 34.4 Å². The fourth-order valence-electron chi connectivity index (χ4n) is 3.86. The van der Waals surface area contributed by atoms with E-state index >= 15 is 0 Å². The van der Waals surface area contributed by atoms with Crippen molar-refractivity contribution in [3.05, 3.63) is 58.5 Å². The highest BCUT2D eigenvalue weighted by molar-refractivity contribution is 6.00. The maximum atomic E-state index is 14.8. The van der Waals surface area contributed by atoms with Gasteiger partial charge in [-0.25, -0.2) is 14.2 Å². The Bertz CT molecular complexity index is 1520. The molecule has 0 saturated heterocycles. The molecule has 188 valence electrons. The number of nitrogens with one attached hydrogen (secondary N) is 3. The lowest BCUT2D eigenvalue weighted by Gasteiger charge is -2.18. The third-order valence-corrected chi connectivity index (χ3v) is 5.75. The summed E-state index contributed by atoms with van der Waals surface area (Å²) in [6, 6.07) is 3.82. The molecule has 0 aliphatic heterocycles. The minimum absolute atomic E-state index is 0.0550. The maximum absolute atomic E-state index is 14.8. The summed E-state index contributed by atoms with van der Waals surface area (Å²) in [5.41, 5.74) is 1.80. The molecule has 3 aromatic heterocycles. The monoisotopic (exact) mass is 492 g/mol. The van der Waals surface area contributed by atoms with E-state index in [0.29, 0.717) is 45.9 Å². The number of pyridine rings is 1. The van der Waals surface area contributed by atoms with Gasteiger partial charge in [-0.15, -0.1) is 0 Å². The molecular weight excluding hydrogens is 463 g/mol. The normalized spacial score (nSPS) is 11.5. The summed E-state index contributed by atoms with van der Waals surface area (Å²) in [4.78, 5) is 34.7. The predicted molar refractivity (Wildman–Crippen MR) is 139 cm³/mol. The molecular formula is C25H29FN8O2. The van der Waals surface area contributed by atoms with Crippen molar-refractivity contribution in [2.75, 3.05) is 23.0 Å². The molecule has 0 saturated carbocycles. The largest absolute Gasteiger partial charge is 0.357 e. The third kappa shape index (κ3) is 4.77.